The van der Waals surface area contributed by atoms with Crippen molar-refractivity contribution in [1.82, 2.24) is 9.55 Å². The number of nitrogens with zero attached hydrogens (tertiary/aromatic N) is 2. The molecule has 0 fully saturated rings. The van der Waals surface area contributed by atoms with Gasteiger partial charge in [-0.15, -0.1) is 0 Å². The van der Waals surface area contributed by atoms with Crippen molar-refractivity contribution in [3.05, 3.63) is 76.0 Å². The highest BCUT2D eigenvalue weighted by molar-refractivity contribution is 7.80. The van der Waals surface area contributed by atoms with Gasteiger partial charge in [-0.25, -0.2) is 4.98 Å². The Morgan fingerprint density at radius 1 is 1.13 bits per heavy atom. The van der Waals surface area contributed by atoms with Crippen LogP contribution in [0.25, 0.3) is 11.4 Å². The Hall–Kier alpha value is -1.88. The quantitative estimate of drug-likeness (QED) is 0.693. The van der Waals surface area contributed by atoms with Crippen molar-refractivity contribution in [1.29, 1.82) is 0 Å². The molecule has 1 aromatic heterocycles. The SMILES string of the molecule is NC(=S)c1cccc(Cn2ccnc2-c2ccc(Cl)c(Cl)c2)c1. The Kier molecular flexibility index (Phi) is 4.66. The van der Waals surface area contributed by atoms with Crippen LogP contribution in [0.4, 0.5) is 0 Å². The lowest BCUT2D eigenvalue weighted by Crippen LogP contribution is -2.10. The molecule has 0 atom stereocenters. The van der Waals surface area contributed by atoms with Crippen LogP contribution < -0.4 is 5.73 Å². The second kappa shape index (κ2) is 6.71. The molecule has 3 aromatic rings. The Bertz CT molecular complexity index is 874. The van der Waals surface area contributed by atoms with Crippen molar-refractivity contribution in [3.8, 4) is 11.4 Å². The van der Waals surface area contributed by atoms with Gasteiger partial charge in [0, 0.05) is 30.1 Å². The molecule has 0 amide bonds. The van der Waals surface area contributed by atoms with E-state index in [0.717, 1.165) is 22.5 Å². The number of nitrogens with two attached hydrogens (primary N) is 1. The largest absolute Gasteiger partial charge is 0.389 e. The number of rotatable bonds is 4. The van der Waals surface area contributed by atoms with E-state index in [9.17, 15) is 0 Å². The Labute approximate surface area is 149 Å². The fourth-order valence-corrected chi connectivity index (χ4v) is 2.78. The molecule has 0 aliphatic heterocycles. The van der Waals surface area contributed by atoms with Crippen LogP contribution in [0, 0.1) is 0 Å². The molecule has 0 saturated heterocycles. The summed E-state index contributed by atoms with van der Waals surface area (Å²) in [5.74, 6) is 0.823. The topological polar surface area (TPSA) is 43.8 Å². The highest BCUT2D eigenvalue weighted by Crippen LogP contribution is 2.28. The Morgan fingerprint density at radius 3 is 2.70 bits per heavy atom. The Morgan fingerprint density at radius 2 is 1.96 bits per heavy atom. The smallest absolute Gasteiger partial charge is 0.140 e. The van der Waals surface area contributed by atoms with Crippen molar-refractivity contribution in [2.75, 3.05) is 0 Å². The summed E-state index contributed by atoms with van der Waals surface area (Å²) < 4.78 is 2.04. The first-order valence-corrected chi connectivity index (χ1v) is 8.06. The maximum absolute atomic E-state index is 6.10. The van der Waals surface area contributed by atoms with E-state index >= 15 is 0 Å². The molecule has 2 aromatic carbocycles. The molecule has 3 nitrogen and oxygen atoms in total. The molecule has 116 valence electrons. The first-order chi connectivity index (χ1) is 11.0. The van der Waals surface area contributed by atoms with Gasteiger partial charge in [0.25, 0.3) is 0 Å². The average Bonchev–Trinajstić information content (AvgIpc) is 2.98. The molecule has 6 heteroatoms. The van der Waals surface area contributed by atoms with Crippen LogP contribution in [0.2, 0.25) is 10.0 Å². The minimum atomic E-state index is 0.391. The van der Waals surface area contributed by atoms with Gasteiger partial charge in [0.1, 0.15) is 10.8 Å². The highest BCUT2D eigenvalue weighted by atomic mass is 35.5. The van der Waals surface area contributed by atoms with Gasteiger partial charge in [0.15, 0.2) is 0 Å². The molecule has 0 radical (unpaired) electrons. The number of thiocarbonyl (C=S) groups is 1. The normalized spacial score (nSPS) is 10.7. The molecule has 0 saturated carbocycles. The fourth-order valence-electron chi connectivity index (χ4n) is 2.35. The molecule has 0 bridgehead atoms. The third-order valence-corrected chi connectivity index (χ3v) is 4.43. The van der Waals surface area contributed by atoms with Crippen LogP contribution in [0.3, 0.4) is 0 Å². The third-order valence-electron chi connectivity index (χ3n) is 3.46. The highest BCUT2D eigenvalue weighted by Gasteiger charge is 2.09. The summed E-state index contributed by atoms with van der Waals surface area (Å²) in [5.41, 5.74) is 8.55. The fraction of sp³-hybridized carbons (Fsp3) is 0.0588. The van der Waals surface area contributed by atoms with E-state index in [4.69, 9.17) is 41.2 Å². The second-order valence-electron chi connectivity index (χ2n) is 5.07. The number of halogens is 2. The van der Waals surface area contributed by atoms with E-state index in [1.807, 2.05) is 47.2 Å². The molecule has 2 N–H and O–H groups in total. The van der Waals surface area contributed by atoms with Crippen LogP contribution in [-0.4, -0.2) is 14.5 Å². The number of imidazole rings is 1. The van der Waals surface area contributed by atoms with Crippen molar-refractivity contribution in [2.24, 2.45) is 5.73 Å². The number of hydrogen-bond donors (Lipinski definition) is 1. The van der Waals surface area contributed by atoms with E-state index in [1.165, 1.54) is 0 Å². The molecular formula is C17H13Cl2N3S. The van der Waals surface area contributed by atoms with Gasteiger partial charge in [0.2, 0.25) is 0 Å². The molecule has 0 aliphatic carbocycles. The molecule has 1 heterocycles. The van der Waals surface area contributed by atoms with Gasteiger partial charge in [0.05, 0.1) is 10.0 Å². The monoisotopic (exact) mass is 361 g/mol. The zero-order valence-corrected chi connectivity index (χ0v) is 14.4. The van der Waals surface area contributed by atoms with Crippen molar-refractivity contribution < 1.29 is 0 Å². The van der Waals surface area contributed by atoms with E-state index in [1.54, 1.807) is 12.3 Å². The van der Waals surface area contributed by atoms with Crippen molar-refractivity contribution in [2.45, 2.75) is 6.54 Å². The molecular weight excluding hydrogens is 349 g/mol. The van der Waals surface area contributed by atoms with Crippen LogP contribution in [0.1, 0.15) is 11.1 Å². The number of hydrogen-bond acceptors (Lipinski definition) is 2. The van der Waals surface area contributed by atoms with Crippen LogP contribution in [0.15, 0.2) is 54.9 Å². The average molecular weight is 362 g/mol. The molecule has 3 rings (SSSR count). The lowest BCUT2D eigenvalue weighted by atomic mass is 10.1. The lowest BCUT2D eigenvalue weighted by molar-refractivity contribution is 0.807. The Balaban J connectivity index is 1.93. The van der Waals surface area contributed by atoms with Crippen LogP contribution >= 0.6 is 35.4 Å². The van der Waals surface area contributed by atoms with Crippen LogP contribution in [-0.2, 0) is 6.54 Å². The zero-order valence-electron chi connectivity index (χ0n) is 12.0. The maximum Gasteiger partial charge on any atom is 0.140 e. The van der Waals surface area contributed by atoms with Gasteiger partial charge < -0.3 is 10.3 Å². The third kappa shape index (κ3) is 3.55. The molecule has 0 unspecified atom stereocenters. The molecule has 23 heavy (non-hydrogen) atoms. The van der Waals surface area contributed by atoms with E-state index in [-0.39, 0.29) is 0 Å². The molecule has 0 aliphatic rings. The zero-order chi connectivity index (χ0) is 16.4. The first kappa shape index (κ1) is 16.0. The minimum Gasteiger partial charge on any atom is -0.389 e. The first-order valence-electron chi connectivity index (χ1n) is 6.90. The molecule has 0 spiro atoms. The van der Waals surface area contributed by atoms with Gasteiger partial charge in [-0.3, -0.25) is 0 Å². The van der Waals surface area contributed by atoms with Gasteiger partial charge in [-0.1, -0.05) is 53.6 Å². The van der Waals surface area contributed by atoms with E-state index in [2.05, 4.69) is 4.98 Å². The van der Waals surface area contributed by atoms with Gasteiger partial charge >= 0.3 is 0 Å². The second-order valence-corrected chi connectivity index (χ2v) is 6.33. The summed E-state index contributed by atoms with van der Waals surface area (Å²) in [7, 11) is 0. The van der Waals surface area contributed by atoms with Crippen LogP contribution in [0.5, 0.6) is 0 Å². The lowest BCUT2D eigenvalue weighted by Gasteiger charge is -2.10. The maximum atomic E-state index is 6.10. The van der Waals surface area contributed by atoms with Crippen molar-refractivity contribution >= 4 is 40.4 Å². The summed E-state index contributed by atoms with van der Waals surface area (Å²) >= 11 is 17.1. The summed E-state index contributed by atoms with van der Waals surface area (Å²) in [5, 5.41) is 1.03. The summed E-state index contributed by atoms with van der Waals surface area (Å²) in [6, 6.07) is 13.3. The van der Waals surface area contributed by atoms with Crippen molar-refractivity contribution in [3.63, 3.8) is 0 Å². The minimum absolute atomic E-state index is 0.391. The number of aromatic nitrogens is 2. The standard InChI is InChI=1S/C17H13Cl2N3S/c18-14-5-4-13(9-15(14)19)17-21-6-7-22(17)10-11-2-1-3-12(8-11)16(20)23/h1-9H,10H2,(H2,20,23). The van der Waals surface area contributed by atoms with E-state index < -0.39 is 0 Å². The van der Waals surface area contributed by atoms with Gasteiger partial charge in [-0.05, 0) is 29.8 Å². The summed E-state index contributed by atoms with van der Waals surface area (Å²) in [4.78, 5) is 4.81. The van der Waals surface area contributed by atoms with Gasteiger partial charge in [-0.2, -0.15) is 0 Å². The summed E-state index contributed by atoms with van der Waals surface area (Å²) in [6.45, 7) is 0.659. The number of benzene rings is 2. The predicted octanol–water partition coefficient (Wildman–Crippen LogP) is 4.54. The predicted molar refractivity (Wildman–Crippen MR) is 99.1 cm³/mol. The summed E-state index contributed by atoms with van der Waals surface area (Å²) in [6.07, 6.45) is 3.68. The van der Waals surface area contributed by atoms with E-state index in [0.29, 0.717) is 21.6 Å².